The van der Waals surface area contributed by atoms with E-state index in [1.807, 2.05) is 0 Å². The fraction of sp³-hybridized carbons (Fsp3) is 0.714. The summed E-state index contributed by atoms with van der Waals surface area (Å²) in [6.45, 7) is 8.97. The maximum atomic E-state index is 9.56. The van der Waals surface area contributed by atoms with Crippen molar-refractivity contribution in [3.05, 3.63) is 28.8 Å². The first-order chi connectivity index (χ1) is 12.1. The van der Waals surface area contributed by atoms with Crippen LogP contribution in [0, 0.1) is 13.8 Å². The van der Waals surface area contributed by atoms with Crippen molar-refractivity contribution >= 4 is 0 Å². The standard InChI is InChI=1S/C21H34N2O2/c1-16-17(2)21(25-3)9-8-18(16)14-22-11-12-23(15-20(22)10-13-24)19-6-4-5-7-19/h8-9,19-20,24H,4-7,10-15H2,1-3H3. The Labute approximate surface area is 152 Å². The Bertz CT molecular complexity index is 569. The first-order valence-electron chi connectivity index (χ1n) is 9.86. The first kappa shape index (κ1) is 18.7. The molecule has 2 aliphatic rings. The third kappa shape index (κ3) is 4.18. The Kier molecular flexibility index (Phi) is 6.37. The van der Waals surface area contributed by atoms with Gasteiger partial charge in [0.2, 0.25) is 0 Å². The van der Waals surface area contributed by atoms with Gasteiger partial charge in [0, 0.05) is 44.9 Å². The summed E-state index contributed by atoms with van der Waals surface area (Å²) >= 11 is 0. The van der Waals surface area contributed by atoms with Crippen LogP contribution < -0.4 is 4.74 Å². The third-order valence-corrected chi connectivity index (χ3v) is 6.38. The second kappa shape index (κ2) is 8.52. The van der Waals surface area contributed by atoms with Crippen LogP contribution in [0.2, 0.25) is 0 Å². The summed E-state index contributed by atoms with van der Waals surface area (Å²) in [6, 6.07) is 5.54. The zero-order valence-electron chi connectivity index (χ0n) is 16.1. The molecule has 0 spiro atoms. The van der Waals surface area contributed by atoms with Crippen LogP contribution in [-0.4, -0.2) is 60.3 Å². The molecule has 0 amide bonds. The molecule has 1 saturated carbocycles. The molecule has 1 saturated heterocycles. The van der Waals surface area contributed by atoms with E-state index in [4.69, 9.17) is 4.74 Å². The van der Waals surface area contributed by atoms with Gasteiger partial charge in [-0.3, -0.25) is 9.80 Å². The highest BCUT2D eigenvalue weighted by Gasteiger charge is 2.31. The maximum absolute atomic E-state index is 9.56. The van der Waals surface area contributed by atoms with Crippen LogP contribution >= 0.6 is 0 Å². The lowest BCUT2D eigenvalue weighted by Gasteiger charge is -2.44. The van der Waals surface area contributed by atoms with Gasteiger partial charge >= 0.3 is 0 Å². The number of methoxy groups -OCH3 is 1. The van der Waals surface area contributed by atoms with Gasteiger partial charge in [0.05, 0.1) is 7.11 Å². The molecule has 1 unspecified atom stereocenters. The summed E-state index contributed by atoms with van der Waals surface area (Å²) in [5.74, 6) is 0.971. The van der Waals surface area contributed by atoms with Gasteiger partial charge in [0.1, 0.15) is 5.75 Å². The highest BCUT2D eigenvalue weighted by molar-refractivity contribution is 5.43. The van der Waals surface area contributed by atoms with Crippen LogP contribution in [-0.2, 0) is 6.54 Å². The third-order valence-electron chi connectivity index (χ3n) is 6.38. The van der Waals surface area contributed by atoms with Crippen molar-refractivity contribution in [1.29, 1.82) is 0 Å². The van der Waals surface area contributed by atoms with E-state index in [9.17, 15) is 5.11 Å². The molecule has 0 radical (unpaired) electrons. The Morgan fingerprint density at radius 1 is 1.12 bits per heavy atom. The maximum Gasteiger partial charge on any atom is 0.122 e. The topological polar surface area (TPSA) is 35.9 Å². The van der Waals surface area contributed by atoms with Crippen LogP contribution in [0.4, 0.5) is 0 Å². The van der Waals surface area contributed by atoms with E-state index in [-0.39, 0.29) is 6.61 Å². The molecule has 0 bridgehead atoms. The molecule has 140 valence electrons. The molecular formula is C21H34N2O2. The number of piperazine rings is 1. The summed E-state index contributed by atoms with van der Waals surface area (Å²) < 4.78 is 5.45. The largest absolute Gasteiger partial charge is 0.496 e. The fourth-order valence-electron chi connectivity index (χ4n) is 4.61. The summed E-state index contributed by atoms with van der Waals surface area (Å²) in [5, 5.41) is 9.56. The molecule has 2 fully saturated rings. The van der Waals surface area contributed by atoms with E-state index in [0.717, 1.165) is 37.8 Å². The SMILES string of the molecule is COc1ccc(CN2CCN(C3CCCC3)CC2CCO)c(C)c1C. The smallest absolute Gasteiger partial charge is 0.122 e. The minimum absolute atomic E-state index is 0.278. The van der Waals surface area contributed by atoms with Crippen LogP contribution in [0.5, 0.6) is 5.75 Å². The van der Waals surface area contributed by atoms with Gasteiger partial charge < -0.3 is 9.84 Å². The average molecular weight is 347 g/mol. The first-order valence-corrected chi connectivity index (χ1v) is 9.86. The summed E-state index contributed by atoms with van der Waals surface area (Å²) in [4.78, 5) is 5.27. The normalized spacial score (nSPS) is 23.3. The number of aliphatic hydroxyl groups is 1. The minimum Gasteiger partial charge on any atom is -0.496 e. The summed E-state index contributed by atoms with van der Waals surface area (Å²) in [7, 11) is 1.74. The predicted octanol–water partition coefficient (Wildman–Crippen LogP) is 3.12. The van der Waals surface area contributed by atoms with Crippen LogP contribution in [0.25, 0.3) is 0 Å². The lowest BCUT2D eigenvalue weighted by molar-refractivity contribution is 0.0325. The van der Waals surface area contributed by atoms with E-state index in [0.29, 0.717) is 6.04 Å². The fourth-order valence-corrected chi connectivity index (χ4v) is 4.61. The summed E-state index contributed by atoms with van der Waals surface area (Å²) in [5.41, 5.74) is 3.96. The van der Waals surface area contributed by atoms with E-state index >= 15 is 0 Å². The molecule has 0 aromatic heterocycles. The number of aliphatic hydroxyl groups excluding tert-OH is 1. The molecule has 1 heterocycles. The number of hydrogen-bond acceptors (Lipinski definition) is 4. The average Bonchev–Trinajstić information content (AvgIpc) is 3.15. The molecule has 4 nitrogen and oxygen atoms in total. The molecule has 1 aromatic carbocycles. The van der Waals surface area contributed by atoms with Crippen molar-refractivity contribution in [2.75, 3.05) is 33.4 Å². The van der Waals surface area contributed by atoms with Crippen molar-refractivity contribution in [3.8, 4) is 5.75 Å². The zero-order chi connectivity index (χ0) is 17.8. The lowest BCUT2D eigenvalue weighted by atomic mass is 9.99. The van der Waals surface area contributed by atoms with Crippen LogP contribution in [0.3, 0.4) is 0 Å². The van der Waals surface area contributed by atoms with Crippen molar-refractivity contribution in [3.63, 3.8) is 0 Å². The number of ether oxygens (including phenoxy) is 1. The van der Waals surface area contributed by atoms with Crippen molar-refractivity contribution in [1.82, 2.24) is 9.80 Å². The number of hydrogen-bond donors (Lipinski definition) is 1. The molecule has 1 atom stereocenters. The molecule has 1 N–H and O–H groups in total. The molecule has 1 aromatic rings. The van der Waals surface area contributed by atoms with Gasteiger partial charge in [0.15, 0.2) is 0 Å². The molecule has 25 heavy (non-hydrogen) atoms. The van der Waals surface area contributed by atoms with E-state index in [1.54, 1.807) is 7.11 Å². The zero-order valence-corrected chi connectivity index (χ0v) is 16.1. The molecule has 4 heteroatoms. The van der Waals surface area contributed by atoms with Gasteiger partial charge in [0.25, 0.3) is 0 Å². The Morgan fingerprint density at radius 3 is 2.56 bits per heavy atom. The van der Waals surface area contributed by atoms with Crippen molar-refractivity contribution < 1.29 is 9.84 Å². The van der Waals surface area contributed by atoms with Gasteiger partial charge in [-0.2, -0.15) is 0 Å². The van der Waals surface area contributed by atoms with Crippen molar-refractivity contribution in [2.45, 2.75) is 64.6 Å². The summed E-state index contributed by atoms with van der Waals surface area (Å²) in [6.07, 6.45) is 6.38. The second-order valence-corrected chi connectivity index (χ2v) is 7.75. The van der Waals surface area contributed by atoms with E-state index < -0.39 is 0 Å². The minimum atomic E-state index is 0.278. The molecule has 1 aliphatic carbocycles. The molecule has 1 aliphatic heterocycles. The van der Waals surface area contributed by atoms with Gasteiger partial charge in [-0.1, -0.05) is 18.9 Å². The second-order valence-electron chi connectivity index (χ2n) is 7.75. The highest BCUT2D eigenvalue weighted by Crippen LogP contribution is 2.29. The van der Waals surface area contributed by atoms with Gasteiger partial charge in [-0.15, -0.1) is 0 Å². The van der Waals surface area contributed by atoms with Gasteiger partial charge in [-0.05, 0) is 55.9 Å². The number of rotatable bonds is 6. The van der Waals surface area contributed by atoms with Crippen LogP contribution in [0.15, 0.2) is 12.1 Å². The Hall–Kier alpha value is -1.10. The molecular weight excluding hydrogens is 312 g/mol. The number of benzene rings is 1. The monoisotopic (exact) mass is 346 g/mol. The lowest BCUT2D eigenvalue weighted by Crippen LogP contribution is -2.55. The van der Waals surface area contributed by atoms with Crippen LogP contribution in [0.1, 0.15) is 48.8 Å². The quantitative estimate of drug-likeness (QED) is 0.858. The van der Waals surface area contributed by atoms with E-state index in [2.05, 4.69) is 35.8 Å². The Balaban J connectivity index is 1.69. The molecule has 3 rings (SSSR count). The van der Waals surface area contributed by atoms with Gasteiger partial charge in [-0.25, -0.2) is 0 Å². The van der Waals surface area contributed by atoms with Crippen molar-refractivity contribution in [2.24, 2.45) is 0 Å². The van der Waals surface area contributed by atoms with E-state index in [1.165, 1.54) is 48.9 Å². The predicted molar refractivity (Wildman–Crippen MR) is 102 cm³/mol. The highest BCUT2D eigenvalue weighted by atomic mass is 16.5. The Morgan fingerprint density at radius 2 is 1.88 bits per heavy atom. The number of nitrogens with zero attached hydrogens (tertiary/aromatic N) is 2.